The number of nitrogens with zero attached hydrogens (tertiary/aromatic N) is 1. The van der Waals surface area contributed by atoms with E-state index in [0.29, 0.717) is 11.6 Å². The second kappa shape index (κ2) is 8.12. The Labute approximate surface area is 144 Å². The third-order valence-electron chi connectivity index (χ3n) is 3.72. The van der Waals surface area contributed by atoms with Crippen LogP contribution in [0.3, 0.4) is 0 Å². The third-order valence-corrected chi connectivity index (χ3v) is 3.98. The molecule has 0 radical (unpaired) electrons. The second-order valence-corrected chi connectivity index (χ2v) is 5.98. The van der Waals surface area contributed by atoms with Crippen molar-refractivity contribution in [3.8, 4) is 0 Å². The number of amides is 2. The van der Waals surface area contributed by atoms with Crippen LogP contribution in [0.2, 0.25) is 5.02 Å². The van der Waals surface area contributed by atoms with Crippen molar-refractivity contribution in [1.29, 1.82) is 0 Å². The van der Waals surface area contributed by atoms with Gasteiger partial charge in [-0.25, -0.2) is 4.79 Å². The topological polar surface area (TPSA) is 95.9 Å². The number of ether oxygens (including phenoxy) is 1. The molecule has 1 fully saturated rings. The van der Waals surface area contributed by atoms with E-state index in [9.17, 15) is 14.4 Å². The average Bonchev–Trinajstić information content (AvgIpc) is 2.54. The number of hydrogen-bond acceptors (Lipinski definition) is 4. The molecule has 1 aliphatic heterocycles. The smallest absolute Gasteiger partial charge is 0.334 e. The molecule has 0 spiro atoms. The number of carboxylic acids is 1. The summed E-state index contributed by atoms with van der Waals surface area (Å²) in [5, 5.41) is 12.3. The summed E-state index contributed by atoms with van der Waals surface area (Å²) < 4.78 is 5.11. The van der Waals surface area contributed by atoms with Gasteiger partial charge in [0.15, 0.2) is 6.10 Å². The predicted molar refractivity (Wildman–Crippen MR) is 86.6 cm³/mol. The van der Waals surface area contributed by atoms with Crippen LogP contribution in [0.5, 0.6) is 0 Å². The standard InChI is InChI=1S/C16H19ClN2O5/c1-10(20)18-13(11-2-4-12(17)5-3-11)8-15(21)19-6-7-24-14(9-19)16(22)23/h2-5,13-14H,6-9H2,1H3,(H,18,20)(H,22,23)/t13-,14+/m0/s1. The second-order valence-electron chi connectivity index (χ2n) is 5.55. The molecule has 2 atom stereocenters. The minimum absolute atomic E-state index is 0.00156. The van der Waals surface area contributed by atoms with Crippen molar-refractivity contribution in [1.82, 2.24) is 10.2 Å². The number of rotatable bonds is 5. The van der Waals surface area contributed by atoms with Gasteiger partial charge >= 0.3 is 5.97 Å². The molecule has 8 heteroatoms. The van der Waals surface area contributed by atoms with Gasteiger partial charge in [0.25, 0.3) is 0 Å². The predicted octanol–water partition coefficient (Wildman–Crippen LogP) is 1.22. The molecule has 0 unspecified atom stereocenters. The van der Waals surface area contributed by atoms with Crippen LogP contribution < -0.4 is 5.32 Å². The number of benzene rings is 1. The van der Waals surface area contributed by atoms with Crippen LogP contribution in [0.1, 0.15) is 24.9 Å². The number of nitrogens with one attached hydrogen (secondary N) is 1. The van der Waals surface area contributed by atoms with E-state index in [0.717, 1.165) is 5.56 Å². The molecule has 1 saturated heterocycles. The lowest BCUT2D eigenvalue weighted by atomic mass is 10.0. The fourth-order valence-electron chi connectivity index (χ4n) is 2.52. The Bertz CT molecular complexity index is 619. The van der Waals surface area contributed by atoms with E-state index >= 15 is 0 Å². The SMILES string of the molecule is CC(=O)N[C@@H](CC(=O)N1CCO[C@@H](C(=O)O)C1)c1ccc(Cl)cc1. The van der Waals surface area contributed by atoms with Crippen LogP contribution in [-0.4, -0.2) is 53.6 Å². The molecule has 0 aromatic heterocycles. The Kier molecular flexibility index (Phi) is 6.16. The summed E-state index contributed by atoms with van der Waals surface area (Å²) in [6.07, 6.45) is -0.981. The Balaban J connectivity index is 2.08. The Morgan fingerprint density at radius 2 is 2.04 bits per heavy atom. The van der Waals surface area contributed by atoms with Crippen LogP contribution in [-0.2, 0) is 19.1 Å². The zero-order chi connectivity index (χ0) is 17.7. The molecule has 2 amide bonds. The van der Waals surface area contributed by atoms with E-state index in [2.05, 4.69) is 5.32 Å². The Hall–Kier alpha value is -2.12. The summed E-state index contributed by atoms with van der Waals surface area (Å²) in [6, 6.07) is 6.36. The number of morpholine rings is 1. The summed E-state index contributed by atoms with van der Waals surface area (Å²) in [7, 11) is 0. The van der Waals surface area contributed by atoms with Crippen molar-refractivity contribution in [2.24, 2.45) is 0 Å². The highest BCUT2D eigenvalue weighted by molar-refractivity contribution is 6.30. The molecule has 24 heavy (non-hydrogen) atoms. The van der Waals surface area contributed by atoms with Gasteiger partial charge in [-0.2, -0.15) is 0 Å². The van der Waals surface area contributed by atoms with Crippen LogP contribution >= 0.6 is 11.6 Å². The van der Waals surface area contributed by atoms with Crippen LogP contribution in [0.4, 0.5) is 0 Å². The van der Waals surface area contributed by atoms with E-state index in [-0.39, 0.29) is 31.4 Å². The van der Waals surface area contributed by atoms with E-state index in [4.69, 9.17) is 21.4 Å². The largest absolute Gasteiger partial charge is 0.479 e. The Morgan fingerprint density at radius 1 is 1.38 bits per heavy atom. The van der Waals surface area contributed by atoms with E-state index in [1.54, 1.807) is 24.3 Å². The Morgan fingerprint density at radius 3 is 2.62 bits per heavy atom. The number of aliphatic carboxylic acids is 1. The molecule has 130 valence electrons. The van der Waals surface area contributed by atoms with Gasteiger partial charge in [0.05, 0.1) is 25.6 Å². The normalized spacial score (nSPS) is 18.8. The van der Waals surface area contributed by atoms with Gasteiger partial charge in [-0.05, 0) is 17.7 Å². The lowest BCUT2D eigenvalue weighted by molar-refractivity contribution is -0.159. The van der Waals surface area contributed by atoms with Gasteiger partial charge in [0.2, 0.25) is 11.8 Å². The van der Waals surface area contributed by atoms with Crippen molar-refractivity contribution < 1.29 is 24.2 Å². The fourth-order valence-corrected chi connectivity index (χ4v) is 2.65. The molecule has 0 bridgehead atoms. The van der Waals surface area contributed by atoms with Gasteiger partial charge in [-0.15, -0.1) is 0 Å². The zero-order valence-corrected chi connectivity index (χ0v) is 14.0. The van der Waals surface area contributed by atoms with Crippen LogP contribution in [0, 0.1) is 0 Å². The maximum atomic E-state index is 12.5. The zero-order valence-electron chi connectivity index (χ0n) is 13.2. The number of halogens is 1. The molecule has 1 aromatic carbocycles. The monoisotopic (exact) mass is 354 g/mol. The van der Waals surface area contributed by atoms with Gasteiger partial charge in [-0.1, -0.05) is 23.7 Å². The molecule has 1 aliphatic rings. The highest BCUT2D eigenvalue weighted by Crippen LogP contribution is 2.21. The third kappa shape index (κ3) is 4.94. The highest BCUT2D eigenvalue weighted by atomic mass is 35.5. The lowest BCUT2D eigenvalue weighted by Gasteiger charge is -2.32. The maximum absolute atomic E-state index is 12.5. The van der Waals surface area contributed by atoms with E-state index in [1.807, 2.05) is 0 Å². The van der Waals surface area contributed by atoms with Gasteiger partial charge in [0.1, 0.15) is 0 Å². The quantitative estimate of drug-likeness (QED) is 0.828. The number of carboxylic acid groups (broad SMARTS) is 1. The minimum atomic E-state index is -1.09. The van der Waals surface area contributed by atoms with Gasteiger partial charge in [-0.3, -0.25) is 9.59 Å². The van der Waals surface area contributed by atoms with Crippen molar-refractivity contribution in [3.05, 3.63) is 34.9 Å². The van der Waals surface area contributed by atoms with E-state index < -0.39 is 18.1 Å². The first-order valence-corrected chi connectivity index (χ1v) is 7.89. The molecular formula is C16H19ClN2O5. The molecule has 2 N–H and O–H groups in total. The number of hydrogen-bond donors (Lipinski definition) is 2. The maximum Gasteiger partial charge on any atom is 0.334 e. The minimum Gasteiger partial charge on any atom is -0.479 e. The number of carbonyl (C=O) groups is 3. The van der Waals surface area contributed by atoms with E-state index in [1.165, 1.54) is 11.8 Å². The average molecular weight is 355 g/mol. The summed E-state index contributed by atoms with van der Waals surface area (Å²) >= 11 is 5.86. The molecule has 1 aromatic rings. The molecule has 2 rings (SSSR count). The summed E-state index contributed by atoms with van der Waals surface area (Å²) in [5.74, 6) is -1.59. The molecule has 7 nitrogen and oxygen atoms in total. The fraction of sp³-hybridized carbons (Fsp3) is 0.438. The molecule has 1 heterocycles. The highest BCUT2D eigenvalue weighted by Gasteiger charge is 2.30. The van der Waals surface area contributed by atoms with Gasteiger partial charge in [0, 0.05) is 18.5 Å². The summed E-state index contributed by atoms with van der Waals surface area (Å²) in [5.41, 5.74) is 0.756. The first-order valence-electron chi connectivity index (χ1n) is 7.51. The summed E-state index contributed by atoms with van der Waals surface area (Å²) in [4.78, 5) is 36.4. The lowest BCUT2D eigenvalue weighted by Crippen LogP contribution is -2.49. The molecule has 0 saturated carbocycles. The van der Waals surface area contributed by atoms with Crippen molar-refractivity contribution in [3.63, 3.8) is 0 Å². The molecular weight excluding hydrogens is 336 g/mol. The first-order chi connectivity index (χ1) is 11.4. The van der Waals surface area contributed by atoms with Crippen molar-refractivity contribution in [2.45, 2.75) is 25.5 Å². The van der Waals surface area contributed by atoms with Crippen LogP contribution in [0.25, 0.3) is 0 Å². The number of carbonyl (C=O) groups excluding carboxylic acids is 2. The summed E-state index contributed by atoms with van der Waals surface area (Å²) in [6.45, 7) is 1.88. The van der Waals surface area contributed by atoms with Crippen molar-refractivity contribution >= 4 is 29.4 Å². The first kappa shape index (κ1) is 18.2. The molecule has 0 aliphatic carbocycles. The van der Waals surface area contributed by atoms with Crippen molar-refractivity contribution in [2.75, 3.05) is 19.7 Å². The van der Waals surface area contributed by atoms with Gasteiger partial charge < -0.3 is 20.1 Å². The van der Waals surface area contributed by atoms with Crippen LogP contribution in [0.15, 0.2) is 24.3 Å².